The molecule has 0 fully saturated rings. The zero-order valence-electron chi connectivity index (χ0n) is 16.7. The number of nitrogens with one attached hydrogen (secondary N) is 1. The molecule has 162 valence electrons. The molecular formula is C20H19F3N6OS. The average Bonchev–Trinajstić information content (AvgIpc) is 3.43. The number of fused-ring (bicyclic) bond motifs is 2. The molecule has 0 amide bonds. The molecule has 0 atom stereocenters. The van der Waals surface area contributed by atoms with Gasteiger partial charge in [-0.05, 0) is 37.4 Å². The van der Waals surface area contributed by atoms with Gasteiger partial charge in [-0.2, -0.15) is 10.2 Å². The van der Waals surface area contributed by atoms with Crippen molar-refractivity contribution >= 4 is 27.4 Å². The lowest BCUT2D eigenvalue weighted by Gasteiger charge is -2.42. The summed E-state index contributed by atoms with van der Waals surface area (Å²) < 4.78 is 43.7. The molecule has 2 aliphatic heterocycles. The summed E-state index contributed by atoms with van der Waals surface area (Å²) in [5.41, 5.74) is 9.91. The quantitative estimate of drug-likeness (QED) is 0.534. The number of aromatic nitrogens is 2. The molecule has 0 saturated heterocycles. The molecule has 11 heteroatoms. The molecule has 4 heterocycles. The lowest BCUT2D eigenvalue weighted by atomic mass is 9.97. The first-order valence-corrected chi connectivity index (χ1v) is 10.4. The summed E-state index contributed by atoms with van der Waals surface area (Å²) in [5, 5.41) is 20.2. The number of halogens is 3. The Kier molecular flexibility index (Phi) is 4.33. The van der Waals surface area contributed by atoms with Gasteiger partial charge in [0.05, 0.1) is 22.6 Å². The van der Waals surface area contributed by atoms with E-state index in [1.165, 1.54) is 11.3 Å². The van der Waals surface area contributed by atoms with Crippen molar-refractivity contribution in [3.8, 4) is 0 Å². The number of rotatable bonds is 3. The number of hydrazine groups is 1. The Bertz CT molecular complexity index is 1280. The van der Waals surface area contributed by atoms with E-state index in [0.717, 1.165) is 22.0 Å². The highest BCUT2D eigenvalue weighted by atomic mass is 32.1. The van der Waals surface area contributed by atoms with Crippen LogP contribution in [0.2, 0.25) is 0 Å². The summed E-state index contributed by atoms with van der Waals surface area (Å²) in [4.78, 5) is 0.755. The summed E-state index contributed by atoms with van der Waals surface area (Å²) in [6, 6.07) is 3.48. The molecule has 5 rings (SSSR count). The fourth-order valence-electron chi connectivity index (χ4n) is 3.74. The summed E-state index contributed by atoms with van der Waals surface area (Å²) >= 11 is 1.41. The van der Waals surface area contributed by atoms with E-state index in [2.05, 4.69) is 10.5 Å². The Hall–Kier alpha value is -3.02. The molecule has 2 aromatic heterocycles. The normalized spacial score (nSPS) is 18.5. The number of nitrogens with zero attached hydrogens (tertiary/aromatic N) is 4. The van der Waals surface area contributed by atoms with Crippen molar-refractivity contribution in [3.63, 3.8) is 0 Å². The molecule has 0 bridgehead atoms. The van der Waals surface area contributed by atoms with E-state index in [1.54, 1.807) is 9.69 Å². The minimum absolute atomic E-state index is 0.171. The van der Waals surface area contributed by atoms with Crippen molar-refractivity contribution in [2.45, 2.75) is 25.8 Å². The van der Waals surface area contributed by atoms with Crippen LogP contribution < -0.4 is 11.2 Å². The Balaban J connectivity index is 1.57. The van der Waals surface area contributed by atoms with Gasteiger partial charge >= 0.3 is 0 Å². The smallest absolute Gasteiger partial charge is 0.165 e. The predicted molar refractivity (Wildman–Crippen MR) is 110 cm³/mol. The summed E-state index contributed by atoms with van der Waals surface area (Å²) in [6.45, 7) is 3.79. The van der Waals surface area contributed by atoms with Crippen LogP contribution in [0.3, 0.4) is 0 Å². The molecule has 0 radical (unpaired) electrons. The molecule has 0 spiro atoms. The third kappa shape index (κ3) is 2.92. The van der Waals surface area contributed by atoms with E-state index in [1.807, 2.05) is 31.4 Å². The van der Waals surface area contributed by atoms with E-state index in [9.17, 15) is 18.4 Å². The maximum Gasteiger partial charge on any atom is 0.165 e. The van der Waals surface area contributed by atoms with Crippen molar-refractivity contribution < 1.29 is 18.4 Å². The van der Waals surface area contributed by atoms with Gasteiger partial charge in [-0.3, -0.25) is 10.4 Å². The van der Waals surface area contributed by atoms with Gasteiger partial charge in [0.2, 0.25) is 0 Å². The van der Waals surface area contributed by atoms with E-state index >= 15 is 0 Å². The van der Waals surface area contributed by atoms with Crippen molar-refractivity contribution in [2.75, 3.05) is 6.67 Å². The first-order chi connectivity index (χ1) is 14.7. The second kappa shape index (κ2) is 6.74. The molecule has 1 aromatic carbocycles. The van der Waals surface area contributed by atoms with Crippen LogP contribution in [0, 0.1) is 17.5 Å². The number of nitrogens with two attached hydrogens (primary N) is 1. The van der Waals surface area contributed by atoms with Gasteiger partial charge in [0, 0.05) is 23.4 Å². The molecule has 4 N–H and O–H groups in total. The average molecular weight is 448 g/mol. The molecule has 31 heavy (non-hydrogen) atoms. The second-order valence-corrected chi connectivity index (χ2v) is 8.86. The maximum atomic E-state index is 14.2. The van der Waals surface area contributed by atoms with Gasteiger partial charge in [-0.25, -0.2) is 17.9 Å². The Morgan fingerprint density at radius 3 is 2.74 bits per heavy atom. The summed E-state index contributed by atoms with van der Waals surface area (Å²) in [7, 11) is 0. The highest BCUT2D eigenvalue weighted by Gasteiger charge is 2.40. The number of hydrogen-bond acceptors (Lipinski definition) is 7. The Labute approximate surface area is 179 Å². The standard InChI is InChI=1S/C20H19F3N6OS/c1-20(2)18(24)15-8-16(26-27(15)9-28(20)30)29-19-10(5-6-31-19)14(25-29)7-11-12(21)3-4-13(22)17(11)23/h3-6,8,26,30H,7,9,24H2,1-2H3. The van der Waals surface area contributed by atoms with Crippen LogP contribution in [-0.2, 0) is 6.42 Å². The van der Waals surface area contributed by atoms with Crippen LogP contribution in [0.5, 0.6) is 0 Å². The van der Waals surface area contributed by atoms with Crippen molar-refractivity contribution in [1.29, 1.82) is 0 Å². The number of hydrogen-bond donors (Lipinski definition) is 3. The largest absolute Gasteiger partial charge is 0.399 e. The fourth-order valence-corrected chi connectivity index (χ4v) is 4.63. The first kappa shape index (κ1) is 19.9. The topological polar surface area (TPSA) is 82.6 Å². The molecule has 7 nitrogen and oxygen atoms in total. The monoisotopic (exact) mass is 448 g/mol. The Morgan fingerprint density at radius 1 is 1.23 bits per heavy atom. The molecule has 3 aromatic rings. The molecule has 2 aliphatic rings. The van der Waals surface area contributed by atoms with Crippen LogP contribution in [0.15, 0.2) is 41.0 Å². The van der Waals surface area contributed by atoms with E-state index < -0.39 is 23.0 Å². The molecule has 0 aliphatic carbocycles. The molecular weight excluding hydrogens is 429 g/mol. The third-order valence-corrected chi connectivity index (χ3v) is 6.64. The van der Waals surface area contributed by atoms with Gasteiger partial charge in [-0.1, -0.05) is 0 Å². The van der Waals surface area contributed by atoms with Gasteiger partial charge in [0.15, 0.2) is 11.6 Å². The highest BCUT2D eigenvalue weighted by molar-refractivity contribution is 7.16. The minimum atomic E-state index is -1.21. The predicted octanol–water partition coefficient (Wildman–Crippen LogP) is 3.34. The van der Waals surface area contributed by atoms with Crippen LogP contribution in [0.1, 0.15) is 25.1 Å². The van der Waals surface area contributed by atoms with Gasteiger partial charge < -0.3 is 10.9 Å². The minimum Gasteiger partial charge on any atom is -0.399 e. The van der Waals surface area contributed by atoms with Crippen LogP contribution in [-0.4, -0.2) is 37.3 Å². The molecule has 0 unspecified atom stereocenters. The lowest BCUT2D eigenvalue weighted by molar-refractivity contribution is -0.184. The van der Waals surface area contributed by atoms with Crippen LogP contribution in [0.25, 0.3) is 16.0 Å². The van der Waals surface area contributed by atoms with Gasteiger partial charge in [0.25, 0.3) is 0 Å². The molecule has 0 saturated carbocycles. The van der Waals surface area contributed by atoms with Gasteiger partial charge in [0.1, 0.15) is 23.1 Å². The highest BCUT2D eigenvalue weighted by Crippen LogP contribution is 2.35. The van der Waals surface area contributed by atoms with E-state index in [4.69, 9.17) is 5.73 Å². The first-order valence-electron chi connectivity index (χ1n) is 9.49. The SMILES string of the molecule is CC1(C)C(N)=C2C=C(n3nc(Cc4c(F)ccc(F)c4F)c4ccsc43)NN2CN1O. The Morgan fingerprint density at radius 2 is 1.97 bits per heavy atom. The van der Waals surface area contributed by atoms with Crippen molar-refractivity contribution in [1.82, 2.24) is 25.3 Å². The van der Waals surface area contributed by atoms with Crippen molar-refractivity contribution in [2.24, 2.45) is 5.73 Å². The fraction of sp³-hybridized carbons (Fsp3) is 0.250. The summed E-state index contributed by atoms with van der Waals surface area (Å²) in [6.07, 6.45) is 1.61. The number of thiophene rings is 1. The maximum absolute atomic E-state index is 14.2. The summed E-state index contributed by atoms with van der Waals surface area (Å²) in [5.74, 6) is -2.57. The van der Waals surface area contributed by atoms with E-state index in [-0.39, 0.29) is 18.7 Å². The third-order valence-electron chi connectivity index (χ3n) is 5.75. The zero-order chi connectivity index (χ0) is 22.1. The zero-order valence-corrected chi connectivity index (χ0v) is 17.5. The van der Waals surface area contributed by atoms with Crippen LogP contribution in [0.4, 0.5) is 13.2 Å². The number of allylic oxidation sites excluding steroid dienone is 1. The lowest BCUT2D eigenvalue weighted by Crippen LogP contribution is -2.57. The van der Waals surface area contributed by atoms with E-state index in [0.29, 0.717) is 28.3 Å². The van der Waals surface area contributed by atoms with Gasteiger partial charge in [-0.15, -0.1) is 11.3 Å². The number of benzene rings is 1. The second-order valence-electron chi connectivity index (χ2n) is 7.96. The van der Waals surface area contributed by atoms with Crippen molar-refractivity contribution in [3.05, 3.63) is 69.8 Å². The van der Waals surface area contributed by atoms with Crippen LogP contribution >= 0.6 is 11.3 Å². The number of hydroxylamine groups is 2.